The van der Waals surface area contributed by atoms with Gasteiger partial charge in [-0.3, -0.25) is 0 Å². The zero-order valence-electron chi connectivity index (χ0n) is 29.8. The number of aromatic nitrogens is 1. The molecule has 0 saturated carbocycles. The molecule has 1 aliphatic rings. The first-order chi connectivity index (χ1) is 26.0. The highest BCUT2D eigenvalue weighted by atomic mass is 15.0. The quantitative estimate of drug-likeness (QED) is 0.185. The van der Waals surface area contributed by atoms with Crippen molar-refractivity contribution in [3.8, 4) is 50.2 Å². The Hall–Kier alpha value is -6.64. The average molecular weight is 679 g/mol. The molecule has 1 aliphatic carbocycles. The van der Waals surface area contributed by atoms with Crippen molar-refractivity contribution in [3.05, 3.63) is 199 Å². The first-order valence-corrected chi connectivity index (χ1v) is 18.4. The summed E-state index contributed by atoms with van der Waals surface area (Å²) in [4.78, 5) is 0. The van der Waals surface area contributed by atoms with Crippen molar-refractivity contribution in [1.29, 1.82) is 0 Å². The van der Waals surface area contributed by atoms with Crippen molar-refractivity contribution in [2.24, 2.45) is 0 Å². The molecule has 0 saturated heterocycles. The molecule has 0 radical (unpaired) electrons. The van der Waals surface area contributed by atoms with Crippen molar-refractivity contribution in [2.45, 2.75) is 19.3 Å². The summed E-state index contributed by atoms with van der Waals surface area (Å²) >= 11 is 0. The van der Waals surface area contributed by atoms with Crippen LogP contribution >= 0.6 is 0 Å². The van der Waals surface area contributed by atoms with Crippen LogP contribution in [0.4, 0.5) is 11.4 Å². The third-order valence-electron chi connectivity index (χ3n) is 11.2. The van der Waals surface area contributed by atoms with E-state index in [1.807, 2.05) is 0 Å². The fraction of sp³-hybridized carbons (Fsp3) is 0.0588. The Morgan fingerprint density at radius 3 is 1.81 bits per heavy atom. The fourth-order valence-electron chi connectivity index (χ4n) is 8.65. The van der Waals surface area contributed by atoms with Gasteiger partial charge in [-0.2, -0.15) is 0 Å². The summed E-state index contributed by atoms with van der Waals surface area (Å²) in [5, 5.41) is 6.38. The summed E-state index contributed by atoms with van der Waals surface area (Å²) in [5.74, 6) is 0. The van der Waals surface area contributed by atoms with Gasteiger partial charge >= 0.3 is 0 Å². The average Bonchev–Trinajstić information content (AvgIpc) is 3.67. The van der Waals surface area contributed by atoms with E-state index in [4.69, 9.17) is 0 Å². The normalized spacial score (nSPS) is 12.9. The summed E-state index contributed by atoms with van der Waals surface area (Å²) in [6.07, 6.45) is 0. The third-order valence-corrected chi connectivity index (χ3v) is 11.2. The summed E-state index contributed by atoms with van der Waals surface area (Å²) in [6.45, 7) is 4.73. The van der Waals surface area contributed by atoms with Gasteiger partial charge in [0.1, 0.15) is 0 Å². The molecule has 2 nitrogen and oxygen atoms in total. The van der Waals surface area contributed by atoms with Crippen molar-refractivity contribution in [3.63, 3.8) is 0 Å². The molecule has 2 heteroatoms. The molecule has 0 bridgehead atoms. The maximum absolute atomic E-state index is 3.86. The molecule has 1 heterocycles. The zero-order chi connectivity index (χ0) is 35.5. The van der Waals surface area contributed by atoms with Crippen LogP contribution in [0.25, 0.3) is 72.0 Å². The molecule has 252 valence electrons. The second kappa shape index (κ2) is 12.3. The van der Waals surface area contributed by atoms with Crippen molar-refractivity contribution in [1.82, 2.24) is 4.57 Å². The summed E-state index contributed by atoms with van der Waals surface area (Å²) < 4.78 is 2.37. The van der Waals surface area contributed by atoms with Crippen LogP contribution < -0.4 is 5.32 Å². The minimum absolute atomic E-state index is 0.150. The SMILES string of the molecule is CC1(C)c2ccccc2-c2ccc(Nc3ccc(-c4ccc5c(c4)c4ccccc4n5-c4ccccc4)cc3)c(-c3ccc(-c4ccccc4)cc3)c21. The molecule has 10 rings (SSSR count). The van der Waals surface area contributed by atoms with Gasteiger partial charge in [-0.05, 0) is 98.6 Å². The molecule has 0 fully saturated rings. The topological polar surface area (TPSA) is 17.0 Å². The van der Waals surface area contributed by atoms with Gasteiger partial charge in [-0.15, -0.1) is 0 Å². The lowest BCUT2D eigenvalue weighted by molar-refractivity contribution is 0.662. The highest BCUT2D eigenvalue weighted by Gasteiger charge is 2.38. The number of fused-ring (bicyclic) bond motifs is 6. The van der Waals surface area contributed by atoms with E-state index in [1.54, 1.807) is 0 Å². The maximum Gasteiger partial charge on any atom is 0.0541 e. The minimum Gasteiger partial charge on any atom is -0.355 e. The summed E-state index contributed by atoms with van der Waals surface area (Å²) in [5.41, 5.74) is 18.3. The Morgan fingerprint density at radius 2 is 1.02 bits per heavy atom. The Labute approximate surface area is 310 Å². The van der Waals surface area contributed by atoms with Crippen LogP contribution in [-0.4, -0.2) is 4.57 Å². The van der Waals surface area contributed by atoms with Gasteiger partial charge in [-0.1, -0.05) is 153 Å². The van der Waals surface area contributed by atoms with Crippen molar-refractivity contribution < 1.29 is 0 Å². The molecule has 0 unspecified atom stereocenters. The number of para-hydroxylation sites is 2. The first kappa shape index (κ1) is 31.1. The lowest BCUT2D eigenvalue weighted by Gasteiger charge is -2.27. The van der Waals surface area contributed by atoms with E-state index in [1.165, 1.54) is 83.1 Å². The van der Waals surface area contributed by atoms with Crippen molar-refractivity contribution in [2.75, 3.05) is 5.32 Å². The predicted octanol–water partition coefficient (Wildman–Crippen LogP) is 13.8. The molecule has 0 aliphatic heterocycles. The highest BCUT2D eigenvalue weighted by molar-refractivity contribution is 6.10. The highest BCUT2D eigenvalue weighted by Crippen LogP contribution is 2.54. The van der Waals surface area contributed by atoms with E-state index in [9.17, 15) is 0 Å². The Kier molecular flexibility index (Phi) is 7.19. The van der Waals surface area contributed by atoms with E-state index in [0.29, 0.717) is 0 Å². The van der Waals surface area contributed by atoms with Gasteiger partial charge in [0, 0.05) is 38.8 Å². The number of benzene rings is 8. The monoisotopic (exact) mass is 678 g/mol. The Bertz CT molecular complexity index is 2790. The number of nitrogens with one attached hydrogen (secondary N) is 1. The van der Waals surface area contributed by atoms with E-state index in [2.05, 4.69) is 212 Å². The summed E-state index contributed by atoms with van der Waals surface area (Å²) in [6, 6.07) is 68.3. The lowest BCUT2D eigenvalue weighted by Crippen LogP contribution is -2.17. The second-order valence-electron chi connectivity index (χ2n) is 14.6. The van der Waals surface area contributed by atoms with Crippen LogP contribution in [0.1, 0.15) is 25.0 Å². The molecule has 0 spiro atoms. The van der Waals surface area contributed by atoms with Gasteiger partial charge < -0.3 is 9.88 Å². The molecule has 8 aromatic carbocycles. The van der Waals surface area contributed by atoms with E-state index < -0.39 is 0 Å². The number of hydrogen-bond acceptors (Lipinski definition) is 1. The zero-order valence-corrected chi connectivity index (χ0v) is 29.8. The molecular formula is C51H38N2. The predicted molar refractivity (Wildman–Crippen MR) is 224 cm³/mol. The van der Waals surface area contributed by atoms with Gasteiger partial charge in [0.05, 0.1) is 11.0 Å². The van der Waals surface area contributed by atoms with E-state index in [0.717, 1.165) is 11.4 Å². The number of hydrogen-bond donors (Lipinski definition) is 1. The lowest BCUT2D eigenvalue weighted by atomic mass is 9.78. The van der Waals surface area contributed by atoms with Crippen LogP contribution in [0.3, 0.4) is 0 Å². The first-order valence-electron chi connectivity index (χ1n) is 18.4. The van der Waals surface area contributed by atoms with E-state index >= 15 is 0 Å². The van der Waals surface area contributed by atoms with Gasteiger partial charge in [0.2, 0.25) is 0 Å². The molecule has 53 heavy (non-hydrogen) atoms. The molecule has 9 aromatic rings. The van der Waals surface area contributed by atoms with E-state index in [-0.39, 0.29) is 5.41 Å². The summed E-state index contributed by atoms with van der Waals surface area (Å²) in [7, 11) is 0. The number of anilines is 2. The largest absolute Gasteiger partial charge is 0.355 e. The van der Waals surface area contributed by atoms with Gasteiger partial charge in [0.15, 0.2) is 0 Å². The second-order valence-corrected chi connectivity index (χ2v) is 14.6. The number of nitrogens with zero attached hydrogens (tertiary/aromatic N) is 1. The molecule has 1 N–H and O–H groups in total. The smallest absolute Gasteiger partial charge is 0.0541 e. The van der Waals surface area contributed by atoms with Crippen LogP contribution in [-0.2, 0) is 5.41 Å². The molecule has 0 amide bonds. The number of rotatable bonds is 6. The minimum atomic E-state index is -0.150. The molecule has 1 aromatic heterocycles. The van der Waals surface area contributed by atoms with Crippen LogP contribution in [0.2, 0.25) is 0 Å². The molecule has 0 atom stereocenters. The van der Waals surface area contributed by atoms with Crippen LogP contribution in [0.15, 0.2) is 188 Å². The standard InChI is InChI=1S/C51H38N2/c1-51(2)45-19-11-9-17-41(45)43-30-31-46(49(50(43)51)37-23-21-35(22-24-37)34-13-5-3-6-14-34)52-39-28-25-36(26-29-39)38-27-32-48-44(33-38)42-18-10-12-20-47(42)53(48)40-15-7-4-8-16-40/h3-33,52H,1-2H3. The van der Waals surface area contributed by atoms with Crippen molar-refractivity contribution >= 4 is 33.2 Å². The third kappa shape index (κ3) is 5.10. The van der Waals surface area contributed by atoms with Gasteiger partial charge in [0.25, 0.3) is 0 Å². The van der Waals surface area contributed by atoms with Crippen LogP contribution in [0, 0.1) is 0 Å². The van der Waals surface area contributed by atoms with Gasteiger partial charge in [-0.25, -0.2) is 0 Å². The fourth-order valence-corrected chi connectivity index (χ4v) is 8.65. The Morgan fingerprint density at radius 1 is 0.434 bits per heavy atom. The maximum atomic E-state index is 3.86. The molecular weight excluding hydrogens is 641 g/mol. The van der Waals surface area contributed by atoms with Crippen LogP contribution in [0.5, 0.6) is 0 Å². The Balaban J connectivity index is 1.04.